The number of piperazine rings is 1. The Kier molecular flexibility index (Phi) is 3.94. The molecule has 1 aromatic heterocycles. The summed E-state index contributed by atoms with van der Waals surface area (Å²) in [6, 6.07) is 2.10. The Morgan fingerprint density at radius 1 is 1.29 bits per heavy atom. The van der Waals surface area contributed by atoms with Crippen molar-refractivity contribution in [3.8, 4) is 0 Å². The Morgan fingerprint density at radius 3 is 2.65 bits per heavy atom. The lowest BCUT2D eigenvalue weighted by Crippen LogP contribution is -2.44. The molecule has 2 heterocycles. The molecule has 0 spiro atoms. The highest BCUT2D eigenvalue weighted by Gasteiger charge is 2.14. The molecule has 1 fully saturated rings. The topological polar surface area (TPSA) is 41.1 Å². The molecular weight excluding hydrogens is 212 g/mol. The van der Waals surface area contributed by atoms with Crippen LogP contribution in [0.5, 0.6) is 0 Å². The molecular formula is C13H22N4. The zero-order chi connectivity index (χ0) is 12.3. The van der Waals surface area contributed by atoms with Crippen LogP contribution in [0.15, 0.2) is 6.07 Å². The molecule has 0 atom stereocenters. The van der Waals surface area contributed by atoms with Crippen molar-refractivity contribution in [1.29, 1.82) is 0 Å². The van der Waals surface area contributed by atoms with Crippen molar-refractivity contribution in [2.45, 2.75) is 27.2 Å². The maximum atomic E-state index is 4.68. The van der Waals surface area contributed by atoms with Crippen LogP contribution < -0.4 is 10.2 Å². The summed E-state index contributed by atoms with van der Waals surface area (Å²) in [7, 11) is 0. The van der Waals surface area contributed by atoms with E-state index in [0.717, 1.165) is 44.2 Å². The molecule has 4 nitrogen and oxygen atoms in total. The van der Waals surface area contributed by atoms with Crippen LogP contribution in [0.2, 0.25) is 0 Å². The molecule has 2 rings (SSSR count). The Hall–Kier alpha value is -1.16. The van der Waals surface area contributed by atoms with Crippen molar-refractivity contribution in [1.82, 2.24) is 15.3 Å². The van der Waals surface area contributed by atoms with Gasteiger partial charge in [0, 0.05) is 37.6 Å². The Labute approximate surface area is 103 Å². The molecule has 0 amide bonds. The van der Waals surface area contributed by atoms with E-state index in [4.69, 9.17) is 0 Å². The minimum atomic E-state index is 0.639. The molecule has 4 heteroatoms. The third-order valence-corrected chi connectivity index (χ3v) is 2.91. The molecule has 0 bridgehead atoms. The minimum absolute atomic E-state index is 0.639. The molecule has 0 aromatic carbocycles. The van der Waals surface area contributed by atoms with Gasteiger partial charge in [-0.1, -0.05) is 13.8 Å². The van der Waals surface area contributed by atoms with Crippen LogP contribution in [0, 0.1) is 12.8 Å². The van der Waals surface area contributed by atoms with Crippen LogP contribution in [-0.2, 0) is 6.42 Å². The van der Waals surface area contributed by atoms with E-state index in [-0.39, 0.29) is 0 Å². The second-order valence-corrected chi connectivity index (χ2v) is 5.14. The summed E-state index contributed by atoms with van der Waals surface area (Å²) in [6.45, 7) is 10.6. The van der Waals surface area contributed by atoms with Gasteiger partial charge in [0.15, 0.2) is 0 Å². The number of hydrogen-bond donors (Lipinski definition) is 1. The quantitative estimate of drug-likeness (QED) is 0.858. The number of nitrogens with zero attached hydrogens (tertiary/aromatic N) is 3. The summed E-state index contributed by atoms with van der Waals surface area (Å²) < 4.78 is 0. The molecule has 0 radical (unpaired) electrons. The first-order valence-corrected chi connectivity index (χ1v) is 6.45. The SMILES string of the molecule is Cc1cc(CC(C)C)nc(N2CCNCC2)n1. The Balaban J connectivity index is 2.18. The lowest BCUT2D eigenvalue weighted by molar-refractivity contribution is 0.575. The van der Waals surface area contributed by atoms with E-state index in [9.17, 15) is 0 Å². The summed E-state index contributed by atoms with van der Waals surface area (Å²) in [4.78, 5) is 11.5. The first kappa shape index (κ1) is 12.3. The van der Waals surface area contributed by atoms with E-state index in [1.807, 2.05) is 0 Å². The fourth-order valence-electron chi connectivity index (χ4n) is 2.15. The summed E-state index contributed by atoms with van der Waals surface area (Å²) in [5.74, 6) is 1.54. The van der Waals surface area contributed by atoms with Crippen LogP contribution in [0.1, 0.15) is 25.2 Å². The highest BCUT2D eigenvalue weighted by atomic mass is 15.3. The Morgan fingerprint density at radius 2 is 2.00 bits per heavy atom. The van der Waals surface area contributed by atoms with Crippen LogP contribution in [0.4, 0.5) is 5.95 Å². The van der Waals surface area contributed by atoms with E-state index in [2.05, 4.69) is 47.0 Å². The fraction of sp³-hybridized carbons (Fsp3) is 0.692. The van der Waals surface area contributed by atoms with Crippen molar-refractivity contribution in [2.75, 3.05) is 31.1 Å². The Bertz CT molecular complexity index is 370. The highest BCUT2D eigenvalue weighted by molar-refractivity contribution is 5.33. The van der Waals surface area contributed by atoms with Gasteiger partial charge in [0.05, 0.1) is 0 Å². The molecule has 1 aromatic rings. The number of hydrogen-bond acceptors (Lipinski definition) is 4. The molecule has 17 heavy (non-hydrogen) atoms. The van der Waals surface area contributed by atoms with Crippen LogP contribution in [-0.4, -0.2) is 36.1 Å². The van der Waals surface area contributed by atoms with E-state index in [0.29, 0.717) is 5.92 Å². The standard InChI is InChI=1S/C13H22N4/c1-10(2)8-12-9-11(3)15-13(16-12)17-6-4-14-5-7-17/h9-10,14H,4-8H2,1-3H3. The number of nitrogens with one attached hydrogen (secondary N) is 1. The van der Waals surface area contributed by atoms with Gasteiger partial charge in [-0.05, 0) is 25.3 Å². The predicted molar refractivity (Wildman–Crippen MR) is 70.4 cm³/mol. The average Bonchev–Trinajstić information content (AvgIpc) is 2.28. The molecule has 1 N–H and O–H groups in total. The smallest absolute Gasteiger partial charge is 0.225 e. The average molecular weight is 234 g/mol. The first-order valence-electron chi connectivity index (χ1n) is 6.45. The molecule has 1 aliphatic heterocycles. The van der Waals surface area contributed by atoms with E-state index >= 15 is 0 Å². The van der Waals surface area contributed by atoms with Gasteiger partial charge in [0.2, 0.25) is 5.95 Å². The van der Waals surface area contributed by atoms with Crippen molar-refractivity contribution >= 4 is 5.95 Å². The van der Waals surface area contributed by atoms with Crippen molar-refractivity contribution in [2.24, 2.45) is 5.92 Å². The lowest BCUT2D eigenvalue weighted by Gasteiger charge is -2.27. The molecule has 0 saturated carbocycles. The third-order valence-electron chi connectivity index (χ3n) is 2.91. The van der Waals surface area contributed by atoms with Gasteiger partial charge in [-0.15, -0.1) is 0 Å². The van der Waals surface area contributed by atoms with Crippen molar-refractivity contribution < 1.29 is 0 Å². The van der Waals surface area contributed by atoms with Crippen LogP contribution >= 0.6 is 0 Å². The van der Waals surface area contributed by atoms with Gasteiger partial charge in [0.25, 0.3) is 0 Å². The second kappa shape index (κ2) is 5.45. The number of anilines is 1. The fourth-order valence-corrected chi connectivity index (χ4v) is 2.15. The molecule has 1 aliphatic rings. The maximum absolute atomic E-state index is 4.68. The van der Waals surface area contributed by atoms with Gasteiger partial charge in [-0.2, -0.15) is 0 Å². The molecule has 94 valence electrons. The molecule has 0 unspecified atom stereocenters. The van der Waals surface area contributed by atoms with E-state index < -0.39 is 0 Å². The van der Waals surface area contributed by atoms with Gasteiger partial charge in [-0.25, -0.2) is 9.97 Å². The van der Waals surface area contributed by atoms with Crippen molar-refractivity contribution in [3.63, 3.8) is 0 Å². The van der Waals surface area contributed by atoms with Crippen molar-refractivity contribution in [3.05, 3.63) is 17.5 Å². The third kappa shape index (κ3) is 3.40. The van der Waals surface area contributed by atoms with E-state index in [1.54, 1.807) is 0 Å². The van der Waals surface area contributed by atoms with Gasteiger partial charge in [0.1, 0.15) is 0 Å². The maximum Gasteiger partial charge on any atom is 0.225 e. The van der Waals surface area contributed by atoms with E-state index in [1.165, 1.54) is 5.69 Å². The second-order valence-electron chi connectivity index (χ2n) is 5.14. The van der Waals surface area contributed by atoms with Crippen LogP contribution in [0.3, 0.4) is 0 Å². The lowest BCUT2D eigenvalue weighted by atomic mass is 10.1. The normalized spacial score (nSPS) is 16.6. The largest absolute Gasteiger partial charge is 0.338 e. The first-order chi connectivity index (χ1) is 8.15. The zero-order valence-corrected chi connectivity index (χ0v) is 11.0. The molecule has 1 saturated heterocycles. The van der Waals surface area contributed by atoms with Gasteiger partial charge in [-0.3, -0.25) is 0 Å². The van der Waals surface area contributed by atoms with Gasteiger partial charge >= 0.3 is 0 Å². The van der Waals surface area contributed by atoms with Crippen LogP contribution in [0.25, 0.3) is 0 Å². The summed E-state index contributed by atoms with van der Waals surface area (Å²) in [5.41, 5.74) is 2.24. The highest BCUT2D eigenvalue weighted by Crippen LogP contribution is 2.13. The number of rotatable bonds is 3. The summed E-state index contributed by atoms with van der Waals surface area (Å²) >= 11 is 0. The summed E-state index contributed by atoms with van der Waals surface area (Å²) in [6.07, 6.45) is 1.03. The molecule has 0 aliphatic carbocycles. The summed E-state index contributed by atoms with van der Waals surface area (Å²) in [5, 5.41) is 3.35. The number of aromatic nitrogens is 2. The minimum Gasteiger partial charge on any atom is -0.338 e. The number of aryl methyl sites for hydroxylation is 1. The zero-order valence-electron chi connectivity index (χ0n) is 11.0. The predicted octanol–water partition coefficient (Wildman–Crippen LogP) is 1.39. The van der Waals surface area contributed by atoms with Gasteiger partial charge < -0.3 is 10.2 Å². The monoisotopic (exact) mass is 234 g/mol.